The molecular formula is C15H26O. The van der Waals surface area contributed by atoms with E-state index in [2.05, 4.69) is 33.8 Å². The lowest BCUT2D eigenvalue weighted by Crippen LogP contribution is -2.37. The molecule has 1 heteroatoms. The fraction of sp³-hybridized carbons (Fsp3) is 0.867. The van der Waals surface area contributed by atoms with Crippen LogP contribution in [0.25, 0.3) is 0 Å². The smallest absolute Gasteiger partial charge is 0.0601 e. The largest absolute Gasteiger partial charge is 0.393 e. The Morgan fingerprint density at radius 3 is 2.50 bits per heavy atom. The summed E-state index contributed by atoms with van der Waals surface area (Å²) in [6.07, 6.45) is 8.32. The van der Waals surface area contributed by atoms with E-state index in [1.165, 1.54) is 31.3 Å². The molecule has 2 saturated carbocycles. The summed E-state index contributed by atoms with van der Waals surface area (Å²) in [4.78, 5) is 0. The average Bonchev–Trinajstić information content (AvgIpc) is 2.52. The predicted octanol–water partition coefficient (Wildman–Crippen LogP) is 3.92. The topological polar surface area (TPSA) is 20.2 Å². The molecule has 0 aliphatic heterocycles. The third kappa shape index (κ3) is 1.55. The van der Waals surface area contributed by atoms with Gasteiger partial charge in [0.15, 0.2) is 0 Å². The van der Waals surface area contributed by atoms with Gasteiger partial charge in [-0.2, -0.15) is 0 Å². The van der Waals surface area contributed by atoms with Crippen molar-refractivity contribution in [1.82, 2.24) is 0 Å². The first-order valence-corrected chi connectivity index (χ1v) is 6.71. The van der Waals surface area contributed by atoms with Crippen molar-refractivity contribution < 1.29 is 5.11 Å². The number of fused-ring (bicyclic) bond motifs is 2. The van der Waals surface area contributed by atoms with Gasteiger partial charge in [-0.25, -0.2) is 0 Å². The van der Waals surface area contributed by atoms with E-state index >= 15 is 0 Å². The molecule has 0 aromatic carbocycles. The van der Waals surface area contributed by atoms with E-state index in [4.69, 9.17) is 0 Å². The molecule has 1 N–H and O–H groups in total. The molecule has 0 saturated heterocycles. The second kappa shape index (κ2) is 3.87. The summed E-state index contributed by atoms with van der Waals surface area (Å²) >= 11 is 0. The zero-order valence-electron chi connectivity index (χ0n) is 11.2. The van der Waals surface area contributed by atoms with Crippen molar-refractivity contribution in [2.24, 2.45) is 16.7 Å². The number of aliphatic hydroxyl groups is 1. The molecule has 4 atom stereocenters. The predicted molar refractivity (Wildman–Crippen MR) is 68.2 cm³/mol. The molecule has 0 aromatic rings. The quantitative estimate of drug-likeness (QED) is 0.718. The number of allylic oxidation sites excluding steroid dienone is 2. The van der Waals surface area contributed by atoms with Gasteiger partial charge in [-0.3, -0.25) is 0 Å². The van der Waals surface area contributed by atoms with Gasteiger partial charge in [-0.1, -0.05) is 25.5 Å². The van der Waals surface area contributed by atoms with Gasteiger partial charge in [0.05, 0.1) is 6.10 Å². The third-order valence-electron chi connectivity index (χ3n) is 5.68. The van der Waals surface area contributed by atoms with Crippen LogP contribution < -0.4 is 0 Å². The lowest BCUT2D eigenvalue weighted by Gasteiger charge is -2.40. The summed E-state index contributed by atoms with van der Waals surface area (Å²) in [6.45, 7) is 9.07. The second-order valence-corrected chi connectivity index (χ2v) is 6.64. The van der Waals surface area contributed by atoms with Gasteiger partial charge in [-0.05, 0) is 62.7 Å². The van der Waals surface area contributed by atoms with Crippen LogP contribution in [0.1, 0.15) is 59.8 Å². The molecular weight excluding hydrogens is 196 g/mol. The van der Waals surface area contributed by atoms with Gasteiger partial charge >= 0.3 is 0 Å². The Kier molecular flexibility index (Phi) is 2.94. The summed E-state index contributed by atoms with van der Waals surface area (Å²) in [5.74, 6) is 0.762. The van der Waals surface area contributed by atoms with Crippen molar-refractivity contribution in [3.05, 3.63) is 11.6 Å². The monoisotopic (exact) mass is 222 g/mol. The molecule has 2 aliphatic rings. The minimum atomic E-state index is -0.0528. The summed E-state index contributed by atoms with van der Waals surface area (Å²) in [6, 6.07) is 0. The fourth-order valence-corrected chi connectivity index (χ4v) is 4.15. The Hall–Kier alpha value is -0.300. The van der Waals surface area contributed by atoms with E-state index in [1.54, 1.807) is 0 Å². The Labute approximate surface area is 99.9 Å². The zero-order chi connectivity index (χ0) is 12.0. The van der Waals surface area contributed by atoms with Crippen LogP contribution >= 0.6 is 0 Å². The van der Waals surface area contributed by atoms with E-state index in [0.717, 1.165) is 12.3 Å². The van der Waals surface area contributed by atoms with Gasteiger partial charge < -0.3 is 5.11 Å². The van der Waals surface area contributed by atoms with Crippen LogP contribution in [0.3, 0.4) is 0 Å². The zero-order valence-corrected chi connectivity index (χ0v) is 11.2. The maximum atomic E-state index is 10.2. The Morgan fingerprint density at radius 1 is 1.38 bits per heavy atom. The van der Waals surface area contributed by atoms with E-state index in [9.17, 15) is 5.11 Å². The van der Waals surface area contributed by atoms with Crippen LogP contribution in [0.2, 0.25) is 0 Å². The molecule has 0 unspecified atom stereocenters. The van der Waals surface area contributed by atoms with E-state index < -0.39 is 0 Å². The molecule has 0 radical (unpaired) electrons. The lowest BCUT2D eigenvalue weighted by molar-refractivity contribution is 0.00200. The second-order valence-electron chi connectivity index (χ2n) is 6.64. The number of hydrogen-bond donors (Lipinski definition) is 1. The Balaban J connectivity index is 2.10. The van der Waals surface area contributed by atoms with Crippen molar-refractivity contribution in [1.29, 1.82) is 0 Å². The first-order chi connectivity index (χ1) is 7.40. The molecule has 2 fully saturated rings. The molecule has 0 amide bonds. The maximum absolute atomic E-state index is 10.2. The Morgan fingerprint density at radius 2 is 2.06 bits per heavy atom. The van der Waals surface area contributed by atoms with Crippen LogP contribution in [-0.4, -0.2) is 11.2 Å². The summed E-state index contributed by atoms with van der Waals surface area (Å²) < 4.78 is 0. The molecule has 0 aromatic heterocycles. The molecule has 1 nitrogen and oxygen atoms in total. The van der Waals surface area contributed by atoms with Crippen LogP contribution in [0.15, 0.2) is 11.6 Å². The van der Waals surface area contributed by atoms with Gasteiger partial charge in [0.25, 0.3) is 0 Å². The van der Waals surface area contributed by atoms with Crippen molar-refractivity contribution in [3.63, 3.8) is 0 Å². The maximum Gasteiger partial charge on any atom is 0.0601 e. The van der Waals surface area contributed by atoms with Gasteiger partial charge in [0.2, 0.25) is 0 Å². The molecule has 0 heterocycles. The summed E-state index contributed by atoms with van der Waals surface area (Å²) in [7, 11) is 0. The highest BCUT2D eigenvalue weighted by Crippen LogP contribution is 2.67. The number of aliphatic hydroxyl groups excluding tert-OH is 1. The summed E-state index contributed by atoms with van der Waals surface area (Å²) in [5.41, 5.74) is 1.98. The SMILES string of the molecule is CC(C)=CCC[C@]1(C)[C@H]2CC[C@]1(C)[C@@H](O)C2. The molecule has 0 spiro atoms. The van der Waals surface area contributed by atoms with Crippen molar-refractivity contribution >= 4 is 0 Å². The highest BCUT2D eigenvalue weighted by molar-refractivity contribution is 5.13. The average molecular weight is 222 g/mol. The molecule has 92 valence electrons. The van der Waals surface area contributed by atoms with Crippen LogP contribution in [-0.2, 0) is 0 Å². The standard InChI is InChI=1S/C15H26O/c1-11(2)6-5-8-14(3)12-7-9-15(14,4)13(16)10-12/h6,12-13,16H,5,7-10H2,1-4H3/t12-,13-,14+,15+/m0/s1. The lowest BCUT2D eigenvalue weighted by atomic mass is 9.66. The minimum absolute atomic E-state index is 0.0528. The highest BCUT2D eigenvalue weighted by Gasteiger charge is 2.62. The molecule has 16 heavy (non-hydrogen) atoms. The molecule has 2 bridgehead atoms. The van der Waals surface area contributed by atoms with Crippen molar-refractivity contribution in [3.8, 4) is 0 Å². The first-order valence-electron chi connectivity index (χ1n) is 6.71. The van der Waals surface area contributed by atoms with E-state index in [-0.39, 0.29) is 11.5 Å². The molecule has 2 aliphatic carbocycles. The van der Waals surface area contributed by atoms with E-state index in [0.29, 0.717) is 5.41 Å². The normalized spacial score (nSPS) is 46.1. The van der Waals surface area contributed by atoms with E-state index in [1.807, 2.05) is 0 Å². The van der Waals surface area contributed by atoms with Crippen LogP contribution in [0, 0.1) is 16.7 Å². The number of hydrogen-bond acceptors (Lipinski definition) is 1. The highest BCUT2D eigenvalue weighted by atomic mass is 16.3. The third-order valence-corrected chi connectivity index (χ3v) is 5.68. The van der Waals surface area contributed by atoms with Crippen molar-refractivity contribution in [2.75, 3.05) is 0 Å². The van der Waals surface area contributed by atoms with Gasteiger partial charge in [-0.15, -0.1) is 0 Å². The van der Waals surface area contributed by atoms with Crippen molar-refractivity contribution in [2.45, 2.75) is 65.9 Å². The van der Waals surface area contributed by atoms with Gasteiger partial charge in [0, 0.05) is 0 Å². The first kappa shape index (κ1) is 12.2. The van der Waals surface area contributed by atoms with Crippen LogP contribution in [0.5, 0.6) is 0 Å². The van der Waals surface area contributed by atoms with Crippen LogP contribution in [0.4, 0.5) is 0 Å². The number of rotatable bonds is 3. The van der Waals surface area contributed by atoms with Gasteiger partial charge in [0.1, 0.15) is 0 Å². The molecule has 2 rings (SSSR count). The minimum Gasteiger partial charge on any atom is -0.393 e. The summed E-state index contributed by atoms with van der Waals surface area (Å²) in [5, 5.41) is 10.2. The fourth-order valence-electron chi connectivity index (χ4n) is 4.15. The Bertz CT molecular complexity index is 303.